The minimum absolute atomic E-state index is 0.234. The van der Waals surface area contributed by atoms with Crippen LogP contribution in [0.3, 0.4) is 0 Å². The third kappa shape index (κ3) is 2.63. The van der Waals surface area contributed by atoms with Gasteiger partial charge in [-0.1, -0.05) is 29.8 Å². The highest BCUT2D eigenvalue weighted by Crippen LogP contribution is 2.50. The van der Waals surface area contributed by atoms with Crippen molar-refractivity contribution in [3.05, 3.63) is 70.4 Å². The van der Waals surface area contributed by atoms with Gasteiger partial charge in [0.05, 0.1) is 11.1 Å². The molecular formula is C23H23ClN2O2. The van der Waals surface area contributed by atoms with Crippen LogP contribution in [0.2, 0.25) is 5.02 Å². The molecule has 2 N–H and O–H groups in total. The standard InChI is InChI=1S/C23H23ClN2O2/c1-26-8-7-22(17-3-2-4-19(27)10-17)13-21-16(12-23(22,28)14-26)9-15-5-6-18(24)11-20(15)25-21/h2-6,9-11,27-28H,7-8,12-14H2,1H3/t22-,23-/m0/s1. The SMILES string of the molecule is CN1CC[C@@]2(c3cccc(O)c3)Cc3nc4cc(Cl)ccc4cc3C[C@]2(O)C1. The molecule has 1 aliphatic carbocycles. The number of aromatic nitrogens is 1. The molecule has 28 heavy (non-hydrogen) atoms. The van der Waals surface area contributed by atoms with Gasteiger partial charge >= 0.3 is 0 Å². The van der Waals surface area contributed by atoms with Gasteiger partial charge in [0.25, 0.3) is 0 Å². The third-order valence-electron chi connectivity index (χ3n) is 6.64. The third-order valence-corrected chi connectivity index (χ3v) is 6.88. The van der Waals surface area contributed by atoms with Gasteiger partial charge in [-0.25, -0.2) is 0 Å². The molecule has 0 amide bonds. The molecule has 2 aromatic carbocycles. The lowest BCUT2D eigenvalue weighted by Crippen LogP contribution is -2.66. The summed E-state index contributed by atoms with van der Waals surface area (Å²) in [6, 6.07) is 15.3. The number of fused-ring (bicyclic) bond motifs is 3. The van der Waals surface area contributed by atoms with E-state index in [1.165, 1.54) is 0 Å². The van der Waals surface area contributed by atoms with E-state index in [1.807, 2.05) is 30.3 Å². The lowest BCUT2D eigenvalue weighted by Gasteiger charge is -2.56. The number of pyridine rings is 1. The number of likely N-dealkylation sites (tertiary alicyclic amines) is 1. The Bertz CT molecular complexity index is 1090. The molecule has 1 aromatic heterocycles. The molecule has 0 unspecified atom stereocenters. The maximum absolute atomic E-state index is 11.9. The van der Waals surface area contributed by atoms with E-state index in [1.54, 1.807) is 12.1 Å². The minimum Gasteiger partial charge on any atom is -0.508 e. The van der Waals surface area contributed by atoms with Gasteiger partial charge in [0.2, 0.25) is 0 Å². The second-order valence-corrected chi connectivity index (χ2v) is 8.87. The molecule has 3 aromatic rings. The molecule has 5 heteroatoms. The highest BCUT2D eigenvalue weighted by molar-refractivity contribution is 6.31. The molecule has 2 aliphatic rings. The molecule has 0 saturated carbocycles. The fraction of sp³-hybridized carbons (Fsp3) is 0.348. The Kier molecular flexibility index (Phi) is 3.96. The number of benzene rings is 2. The Morgan fingerprint density at radius 3 is 2.79 bits per heavy atom. The van der Waals surface area contributed by atoms with Gasteiger partial charge in [-0.05, 0) is 61.5 Å². The number of aromatic hydroxyl groups is 1. The summed E-state index contributed by atoms with van der Waals surface area (Å²) in [5, 5.41) is 23.8. The summed E-state index contributed by atoms with van der Waals surface area (Å²) in [6.45, 7) is 1.49. The van der Waals surface area contributed by atoms with Crippen LogP contribution in [0.1, 0.15) is 23.2 Å². The first-order chi connectivity index (χ1) is 13.4. The number of aliphatic hydroxyl groups is 1. The minimum atomic E-state index is -0.914. The molecule has 0 radical (unpaired) electrons. The number of rotatable bonds is 1. The average molecular weight is 395 g/mol. The zero-order chi connectivity index (χ0) is 19.5. The second-order valence-electron chi connectivity index (χ2n) is 8.44. The van der Waals surface area contributed by atoms with Crippen LogP contribution in [0.4, 0.5) is 0 Å². The second kappa shape index (κ2) is 6.18. The predicted octanol–water partition coefficient (Wildman–Crippen LogP) is 3.70. The number of nitrogens with zero attached hydrogens (tertiary/aromatic N) is 2. The van der Waals surface area contributed by atoms with E-state index in [-0.39, 0.29) is 5.75 Å². The summed E-state index contributed by atoms with van der Waals surface area (Å²) >= 11 is 6.18. The van der Waals surface area contributed by atoms with E-state index >= 15 is 0 Å². The normalized spacial score (nSPS) is 27.4. The smallest absolute Gasteiger partial charge is 0.115 e. The van der Waals surface area contributed by atoms with Crippen molar-refractivity contribution in [1.29, 1.82) is 0 Å². The number of hydrogen-bond acceptors (Lipinski definition) is 4. The zero-order valence-corrected chi connectivity index (χ0v) is 16.6. The lowest BCUT2D eigenvalue weighted by atomic mass is 9.56. The lowest BCUT2D eigenvalue weighted by molar-refractivity contribution is -0.0976. The van der Waals surface area contributed by atoms with Crippen LogP contribution in [-0.2, 0) is 18.3 Å². The van der Waals surface area contributed by atoms with Crippen molar-refractivity contribution in [3.8, 4) is 5.75 Å². The quantitative estimate of drug-likeness (QED) is 0.660. The first-order valence-electron chi connectivity index (χ1n) is 9.67. The number of phenols is 1. The largest absolute Gasteiger partial charge is 0.508 e. The summed E-state index contributed by atoms with van der Waals surface area (Å²) in [6.07, 6.45) is 2.02. The van der Waals surface area contributed by atoms with Gasteiger partial charge in [-0.3, -0.25) is 4.98 Å². The van der Waals surface area contributed by atoms with Crippen molar-refractivity contribution in [2.24, 2.45) is 0 Å². The van der Waals surface area contributed by atoms with Crippen molar-refractivity contribution in [3.63, 3.8) is 0 Å². The first-order valence-corrected chi connectivity index (χ1v) is 10.0. The summed E-state index contributed by atoms with van der Waals surface area (Å²) in [4.78, 5) is 7.13. The van der Waals surface area contributed by atoms with Crippen molar-refractivity contribution >= 4 is 22.5 Å². The molecular weight excluding hydrogens is 372 g/mol. The number of halogens is 1. The molecule has 0 spiro atoms. The zero-order valence-electron chi connectivity index (χ0n) is 15.8. The van der Waals surface area contributed by atoms with E-state index in [9.17, 15) is 10.2 Å². The molecule has 5 rings (SSSR count). The molecule has 2 heterocycles. The van der Waals surface area contributed by atoms with E-state index < -0.39 is 11.0 Å². The maximum atomic E-state index is 11.9. The Hall–Kier alpha value is -2.14. The monoisotopic (exact) mass is 394 g/mol. The topological polar surface area (TPSA) is 56.6 Å². The fourth-order valence-electron chi connectivity index (χ4n) is 5.22. The van der Waals surface area contributed by atoms with Crippen LogP contribution in [0.5, 0.6) is 5.75 Å². The highest BCUT2D eigenvalue weighted by atomic mass is 35.5. The Balaban J connectivity index is 1.71. The van der Waals surface area contributed by atoms with Crippen molar-refractivity contribution < 1.29 is 10.2 Å². The van der Waals surface area contributed by atoms with Crippen molar-refractivity contribution in [1.82, 2.24) is 9.88 Å². The molecule has 1 saturated heterocycles. The number of phenolic OH excluding ortho intramolecular Hbond substituents is 1. The number of hydrogen-bond donors (Lipinski definition) is 2. The number of piperidine rings is 1. The maximum Gasteiger partial charge on any atom is 0.115 e. The predicted molar refractivity (Wildman–Crippen MR) is 111 cm³/mol. The Morgan fingerprint density at radius 1 is 1.11 bits per heavy atom. The van der Waals surface area contributed by atoms with Crippen LogP contribution in [-0.4, -0.2) is 45.8 Å². The fourth-order valence-corrected chi connectivity index (χ4v) is 5.39. The van der Waals surface area contributed by atoms with Crippen molar-refractivity contribution in [2.45, 2.75) is 30.3 Å². The Morgan fingerprint density at radius 2 is 1.96 bits per heavy atom. The molecule has 1 aliphatic heterocycles. The Labute approximate surface area is 169 Å². The van der Waals surface area contributed by atoms with Crippen LogP contribution >= 0.6 is 11.6 Å². The summed E-state index contributed by atoms with van der Waals surface area (Å²) in [5.74, 6) is 0.234. The van der Waals surface area contributed by atoms with E-state index in [0.29, 0.717) is 24.4 Å². The molecule has 2 atom stereocenters. The van der Waals surface area contributed by atoms with Crippen LogP contribution in [0.25, 0.3) is 10.9 Å². The van der Waals surface area contributed by atoms with Crippen LogP contribution < -0.4 is 0 Å². The van der Waals surface area contributed by atoms with Gasteiger partial charge in [0.1, 0.15) is 5.75 Å². The summed E-state index contributed by atoms with van der Waals surface area (Å²) in [5.41, 5.74) is 2.61. The molecule has 144 valence electrons. The van der Waals surface area contributed by atoms with Gasteiger partial charge < -0.3 is 15.1 Å². The van der Waals surface area contributed by atoms with E-state index in [2.05, 4.69) is 18.0 Å². The molecule has 0 bridgehead atoms. The van der Waals surface area contributed by atoms with E-state index in [0.717, 1.165) is 40.7 Å². The number of likely N-dealkylation sites (N-methyl/N-ethyl adjacent to an activating group) is 1. The van der Waals surface area contributed by atoms with Crippen LogP contribution in [0.15, 0.2) is 48.5 Å². The van der Waals surface area contributed by atoms with Gasteiger partial charge in [0, 0.05) is 40.9 Å². The highest BCUT2D eigenvalue weighted by Gasteiger charge is 2.56. The van der Waals surface area contributed by atoms with Crippen LogP contribution in [0, 0.1) is 0 Å². The average Bonchev–Trinajstić information content (AvgIpc) is 2.64. The summed E-state index contributed by atoms with van der Waals surface area (Å²) in [7, 11) is 2.06. The summed E-state index contributed by atoms with van der Waals surface area (Å²) < 4.78 is 0. The van der Waals surface area contributed by atoms with Gasteiger partial charge in [0.15, 0.2) is 0 Å². The van der Waals surface area contributed by atoms with E-state index in [4.69, 9.17) is 16.6 Å². The van der Waals surface area contributed by atoms with Crippen molar-refractivity contribution in [2.75, 3.05) is 20.1 Å². The number of β-amino-alcohol motifs (C(OH)–C–C–N with tert-alkyl or cyclic N) is 1. The van der Waals surface area contributed by atoms with Gasteiger partial charge in [-0.15, -0.1) is 0 Å². The first kappa shape index (κ1) is 17.9. The molecule has 1 fully saturated rings. The van der Waals surface area contributed by atoms with Gasteiger partial charge in [-0.2, -0.15) is 0 Å². The molecule has 4 nitrogen and oxygen atoms in total.